The summed E-state index contributed by atoms with van der Waals surface area (Å²) in [6, 6.07) is 14.1. The molecule has 0 aromatic heterocycles. The van der Waals surface area contributed by atoms with Crippen LogP contribution >= 0.6 is 0 Å². The molecule has 2 aromatic carbocycles. The monoisotopic (exact) mass is 414 g/mol. The van der Waals surface area contributed by atoms with Crippen molar-refractivity contribution in [2.24, 2.45) is 0 Å². The molecular formula is C19H21F3N2O3S. The van der Waals surface area contributed by atoms with Crippen LogP contribution in [0.25, 0.3) is 0 Å². The summed E-state index contributed by atoms with van der Waals surface area (Å²) in [6.07, 6.45) is -3.21. The van der Waals surface area contributed by atoms with Crippen LogP contribution < -0.4 is 10.0 Å². The standard InChI is InChI=1S/C19H21F3N2O3S/c1-14(7-8-15-5-3-2-4-6-15)24-28(26,27)17-11-9-16(10-12-17)18(25)23-13-19(20,21)22/h2-6,9-12,14,24H,7-8,13H2,1H3,(H,23,25)/t14-/m1/s1. The van der Waals surface area contributed by atoms with Crippen LogP contribution in [0.5, 0.6) is 0 Å². The van der Waals surface area contributed by atoms with E-state index in [0.29, 0.717) is 12.8 Å². The molecule has 1 atom stereocenters. The zero-order valence-electron chi connectivity index (χ0n) is 15.2. The lowest BCUT2D eigenvalue weighted by Crippen LogP contribution is -2.34. The van der Waals surface area contributed by atoms with Gasteiger partial charge in [0.25, 0.3) is 5.91 Å². The molecule has 152 valence electrons. The minimum absolute atomic E-state index is 0.0553. The molecule has 0 saturated heterocycles. The first-order valence-electron chi connectivity index (χ1n) is 8.58. The number of halogens is 3. The molecule has 2 aromatic rings. The maximum atomic E-state index is 12.4. The Morgan fingerprint density at radius 3 is 2.21 bits per heavy atom. The zero-order chi connectivity index (χ0) is 20.8. The highest BCUT2D eigenvalue weighted by atomic mass is 32.2. The van der Waals surface area contributed by atoms with Crippen molar-refractivity contribution in [1.29, 1.82) is 0 Å². The Morgan fingerprint density at radius 2 is 1.64 bits per heavy atom. The SMILES string of the molecule is C[C@H](CCc1ccccc1)NS(=O)(=O)c1ccc(C(=O)NCC(F)(F)F)cc1. The van der Waals surface area contributed by atoms with Gasteiger partial charge in [0.2, 0.25) is 10.0 Å². The molecule has 0 fully saturated rings. The van der Waals surface area contributed by atoms with Gasteiger partial charge in [-0.05, 0) is 49.6 Å². The van der Waals surface area contributed by atoms with Crippen molar-refractivity contribution in [1.82, 2.24) is 10.0 Å². The summed E-state index contributed by atoms with van der Waals surface area (Å²) in [6.45, 7) is 0.297. The van der Waals surface area contributed by atoms with Crippen molar-refractivity contribution >= 4 is 15.9 Å². The molecule has 0 bridgehead atoms. The van der Waals surface area contributed by atoms with Crippen molar-refractivity contribution < 1.29 is 26.4 Å². The van der Waals surface area contributed by atoms with Gasteiger partial charge in [0.15, 0.2) is 0 Å². The molecule has 2 rings (SSSR count). The molecule has 0 saturated carbocycles. The molecular weight excluding hydrogens is 393 g/mol. The molecule has 0 aliphatic carbocycles. The Labute approximate surface area is 162 Å². The first kappa shape index (κ1) is 21.9. The van der Waals surface area contributed by atoms with Gasteiger partial charge >= 0.3 is 6.18 Å². The summed E-state index contributed by atoms with van der Waals surface area (Å²) < 4.78 is 63.9. The van der Waals surface area contributed by atoms with Gasteiger partial charge in [0.05, 0.1) is 4.90 Å². The summed E-state index contributed by atoms with van der Waals surface area (Å²) in [4.78, 5) is 11.6. The molecule has 28 heavy (non-hydrogen) atoms. The average molecular weight is 414 g/mol. The van der Waals surface area contributed by atoms with Gasteiger partial charge in [-0.3, -0.25) is 4.79 Å². The van der Waals surface area contributed by atoms with Crippen LogP contribution in [0.2, 0.25) is 0 Å². The second-order valence-electron chi connectivity index (χ2n) is 6.37. The Hall–Kier alpha value is -2.39. The Kier molecular flexibility index (Phi) is 7.20. The first-order chi connectivity index (χ1) is 13.1. The Bertz CT molecular complexity index is 883. The molecule has 1 amide bonds. The van der Waals surface area contributed by atoms with Crippen LogP contribution in [0, 0.1) is 0 Å². The number of nitrogens with one attached hydrogen (secondary N) is 2. The van der Waals surface area contributed by atoms with Crippen molar-refractivity contribution in [3.8, 4) is 0 Å². The van der Waals surface area contributed by atoms with Crippen LogP contribution in [0.15, 0.2) is 59.5 Å². The average Bonchev–Trinajstić information content (AvgIpc) is 2.64. The summed E-state index contributed by atoms with van der Waals surface area (Å²) in [5, 5.41) is 1.73. The van der Waals surface area contributed by atoms with E-state index >= 15 is 0 Å². The lowest BCUT2D eigenvalue weighted by molar-refractivity contribution is -0.123. The fraction of sp³-hybridized carbons (Fsp3) is 0.316. The Morgan fingerprint density at radius 1 is 1.04 bits per heavy atom. The third kappa shape index (κ3) is 6.97. The second kappa shape index (κ2) is 9.20. The van der Waals surface area contributed by atoms with Gasteiger partial charge in [0.1, 0.15) is 6.54 Å². The third-order valence-corrected chi connectivity index (χ3v) is 5.55. The smallest absolute Gasteiger partial charge is 0.343 e. The van der Waals surface area contributed by atoms with Crippen LogP contribution in [0.3, 0.4) is 0 Å². The maximum Gasteiger partial charge on any atom is 0.405 e. The van der Waals surface area contributed by atoms with E-state index < -0.39 is 28.7 Å². The number of benzene rings is 2. The quantitative estimate of drug-likeness (QED) is 0.696. The summed E-state index contributed by atoms with van der Waals surface area (Å²) >= 11 is 0. The summed E-state index contributed by atoms with van der Waals surface area (Å²) in [7, 11) is -3.80. The normalized spacial score (nSPS) is 13.1. The molecule has 0 heterocycles. The van der Waals surface area contributed by atoms with Gasteiger partial charge in [-0.15, -0.1) is 0 Å². The third-order valence-electron chi connectivity index (χ3n) is 3.94. The van der Waals surface area contributed by atoms with E-state index in [2.05, 4.69) is 4.72 Å². The van der Waals surface area contributed by atoms with E-state index in [1.807, 2.05) is 30.3 Å². The van der Waals surface area contributed by atoms with E-state index in [1.54, 1.807) is 12.2 Å². The van der Waals surface area contributed by atoms with E-state index in [0.717, 1.165) is 5.56 Å². The fourth-order valence-corrected chi connectivity index (χ4v) is 3.77. The largest absolute Gasteiger partial charge is 0.405 e. The Balaban J connectivity index is 1.94. The number of sulfonamides is 1. The van der Waals surface area contributed by atoms with E-state index in [1.165, 1.54) is 24.3 Å². The van der Waals surface area contributed by atoms with E-state index in [4.69, 9.17) is 0 Å². The van der Waals surface area contributed by atoms with Crippen LogP contribution in [0.4, 0.5) is 13.2 Å². The highest BCUT2D eigenvalue weighted by Crippen LogP contribution is 2.15. The summed E-state index contributed by atoms with van der Waals surface area (Å²) in [5.74, 6) is -0.925. The number of carbonyl (C=O) groups is 1. The van der Waals surface area contributed by atoms with Crippen LogP contribution in [0.1, 0.15) is 29.3 Å². The lowest BCUT2D eigenvalue weighted by atomic mass is 10.1. The second-order valence-corrected chi connectivity index (χ2v) is 8.08. The number of rotatable bonds is 8. The molecule has 0 aliphatic heterocycles. The highest BCUT2D eigenvalue weighted by Gasteiger charge is 2.28. The van der Waals surface area contributed by atoms with E-state index in [-0.39, 0.29) is 16.5 Å². The number of hydrogen-bond donors (Lipinski definition) is 2. The maximum absolute atomic E-state index is 12.4. The molecule has 0 aliphatic rings. The van der Waals surface area contributed by atoms with Gasteiger partial charge < -0.3 is 5.32 Å². The minimum Gasteiger partial charge on any atom is -0.343 e. The fourth-order valence-electron chi connectivity index (χ4n) is 2.49. The minimum atomic E-state index is -4.52. The topological polar surface area (TPSA) is 75.3 Å². The van der Waals surface area contributed by atoms with E-state index in [9.17, 15) is 26.4 Å². The predicted molar refractivity (Wildman–Crippen MR) is 99.4 cm³/mol. The molecule has 0 unspecified atom stereocenters. The van der Waals surface area contributed by atoms with Crippen molar-refractivity contribution in [3.63, 3.8) is 0 Å². The molecule has 5 nitrogen and oxygen atoms in total. The first-order valence-corrected chi connectivity index (χ1v) is 10.1. The number of alkyl halides is 3. The number of aryl methyl sites for hydroxylation is 1. The highest BCUT2D eigenvalue weighted by molar-refractivity contribution is 7.89. The molecule has 2 N–H and O–H groups in total. The molecule has 0 radical (unpaired) electrons. The predicted octanol–water partition coefficient (Wildman–Crippen LogP) is 3.28. The zero-order valence-corrected chi connectivity index (χ0v) is 16.0. The summed E-state index contributed by atoms with van der Waals surface area (Å²) in [5.41, 5.74) is 1.04. The van der Waals surface area contributed by atoms with Gasteiger partial charge in [-0.2, -0.15) is 13.2 Å². The van der Waals surface area contributed by atoms with Gasteiger partial charge in [0, 0.05) is 11.6 Å². The number of amides is 1. The van der Waals surface area contributed by atoms with Crippen molar-refractivity contribution in [3.05, 3.63) is 65.7 Å². The molecule has 9 heteroatoms. The number of hydrogen-bond acceptors (Lipinski definition) is 3. The lowest BCUT2D eigenvalue weighted by Gasteiger charge is -2.14. The van der Waals surface area contributed by atoms with Gasteiger partial charge in [-0.25, -0.2) is 13.1 Å². The van der Waals surface area contributed by atoms with Crippen molar-refractivity contribution in [2.75, 3.05) is 6.54 Å². The van der Waals surface area contributed by atoms with Crippen LogP contribution in [-0.2, 0) is 16.4 Å². The van der Waals surface area contributed by atoms with Crippen LogP contribution in [-0.4, -0.2) is 33.1 Å². The number of carbonyl (C=O) groups excluding carboxylic acids is 1. The molecule has 0 spiro atoms. The van der Waals surface area contributed by atoms with Crippen molar-refractivity contribution in [2.45, 2.75) is 36.9 Å². The van der Waals surface area contributed by atoms with Gasteiger partial charge in [-0.1, -0.05) is 30.3 Å².